The highest BCUT2D eigenvalue weighted by Gasteiger charge is 2.31. The average molecular weight is 350 g/mol. The fraction of sp³-hybridized carbons (Fsp3) is 0.684. The summed E-state index contributed by atoms with van der Waals surface area (Å²) in [5, 5.41) is 0. The summed E-state index contributed by atoms with van der Waals surface area (Å²) in [4.78, 5) is 4.68. The van der Waals surface area contributed by atoms with Crippen molar-refractivity contribution in [3.63, 3.8) is 0 Å². The lowest BCUT2D eigenvalue weighted by Gasteiger charge is -2.34. The van der Waals surface area contributed by atoms with Gasteiger partial charge in [0.1, 0.15) is 5.82 Å². The zero-order valence-electron chi connectivity index (χ0n) is 15.4. The number of rotatable bonds is 7. The Balaban J connectivity index is 1.45. The van der Waals surface area contributed by atoms with E-state index in [9.17, 15) is 4.39 Å². The average Bonchev–Trinajstić information content (AvgIpc) is 3.04. The highest BCUT2D eigenvalue weighted by Crippen LogP contribution is 2.27. The number of nitrogens with one attached hydrogen (secondary N) is 2. The molecule has 0 saturated carbocycles. The van der Waals surface area contributed by atoms with E-state index in [4.69, 9.17) is 4.74 Å². The second-order valence-corrected chi connectivity index (χ2v) is 7.49. The highest BCUT2D eigenvalue weighted by molar-refractivity contribution is 5.22. The Hall–Kier alpha value is -1.05. The molecule has 25 heavy (non-hydrogen) atoms. The summed E-state index contributed by atoms with van der Waals surface area (Å²) in [6, 6.07) is 7.11. The van der Waals surface area contributed by atoms with E-state index in [0.717, 1.165) is 57.7 Å². The van der Waals surface area contributed by atoms with Crippen molar-refractivity contribution in [1.82, 2.24) is 20.7 Å². The standard InChI is InChI=1S/C19H31FN4O/c1-23(2)10-11-25-18-6-8-24(9-7-18)14-16-13-21-22-19(16)15-4-3-5-17(20)12-15/h3-5,12,16,18-19,21-22H,6-11,13-14H2,1-2H3. The first-order valence-corrected chi connectivity index (χ1v) is 9.34. The number of nitrogens with zero attached hydrogens (tertiary/aromatic N) is 2. The van der Waals surface area contributed by atoms with Gasteiger partial charge in [0.15, 0.2) is 0 Å². The Morgan fingerprint density at radius 3 is 2.80 bits per heavy atom. The van der Waals surface area contributed by atoms with Gasteiger partial charge in [-0.2, -0.15) is 0 Å². The smallest absolute Gasteiger partial charge is 0.123 e. The second kappa shape index (κ2) is 9.05. The number of halogens is 1. The third-order valence-electron chi connectivity index (χ3n) is 5.22. The van der Waals surface area contributed by atoms with Crippen LogP contribution in [0.5, 0.6) is 0 Å². The normalized spacial score (nSPS) is 25.8. The van der Waals surface area contributed by atoms with E-state index in [1.165, 1.54) is 6.07 Å². The monoisotopic (exact) mass is 350 g/mol. The van der Waals surface area contributed by atoms with Crippen LogP contribution in [0.4, 0.5) is 4.39 Å². The molecule has 6 heteroatoms. The lowest BCUT2D eigenvalue weighted by atomic mass is 9.93. The van der Waals surface area contributed by atoms with Gasteiger partial charge in [-0.05, 0) is 44.6 Å². The van der Waals surface area contributed by atoms with Crippen LogP contribution in [-0.2, 0) is 4.74 Å². The Morgan fingerprint density at radius 2 is 2.08 bits per heavy atom. The van der Waals surface area contributed by atoms with Crippen LogP contribution >= 0.6 is 0 Å². The molecule has 2 atom stereocenters. The van der Waals surface area contributed by atoms with E-state index in [0.29, 0.717) is 12.0 Å². The van der Waals surface area contributed by atoms with E-state index in [-0.39, 0.29) is 11.9 Å². The number of ether oxygens (including phenoxy) is 1. The fourth-order valence-electron chi connectivity index (χ4n) is 3.75. The molecule has 2 aliphatic rings. The zero-order chi connectivity index (χ0) is 17.6. The number of piperidine rings is 1. The third-order valence-corrected chi connectivity index (χ3v) is 5.22. The van der Waals surface area contributed by atoms with Gasteiger partial charge in [-0.3, -0.25) is 5.43 Å². The first-order valence-electron chi connectivity index (χ1n) is 9.34. The van der Waals surface area contributed by atoms with Crippen molar-refractivity contribution in [3.05, 3.63) is 35.6 Å². The molecular weight excluding hydrogens is 319 g/mol. The first-order chi connectivity index (χ1) is 12.1. The van der Waals surface area contributed by atoms with Crippen LogP contribution < -0.4 is 10.9 Å². The van der Waals surface area contributed by atoms with Gasteiger partial charge in [-0.25, -0.2) is 9.82 Å². The molecule has 0 radical (unpaired) electrons. The maximum Gasteiger partial charge on any atom is 0.123 e. The van der Waals surface area contributed by atoms with Crippen molar-refractivity contribution >= 4 is 0 Å². The molecule has 2 heterocycles. The maximum absolute atomic E-state index is 13.5. The van der Waals surface area contributed by atoms with Crippen molar-refractivity contribution in [2.24, 2.45) is 5.92 Å². The highest BCUT2D eigenvalue weighted by atomic mass is 19.1. The molecule has 0 aliphatic carbocycles. The summed E-state index contributed by atoms with van der Waals surface area (Å²) >= 11 is 0. The minimum atomic E-state index is -0.166. The number of benzene rings is 1. The van der Waals surface area contributed by atoms with Crippen molar-refractivity contribution < 1.29 is 9.13 Å². The lowest BCUT2D eigenvalue weighted by molar-refractivity contribution is -0.000396. The molecule has 0 bridgehead atoms. The Morgan fingerprint density at radius 1 is 1.28 bits per heavy atom. The number of hydrogen-bond donors (Lipinski definition) is 2. The van der Waals surface area contributed by atoms with E-state index >= 15 is 0 Å². The maximum atomic E-state index is 13.5. The first kappa shape index (κ1) is 18.7. The topological polar surface area (TPSA) is 39.8 Å². The van der Waals surface area contributed by atoms with Crippen molar-refractivity contribution in [3.8, 4) is 0 Å². The van der Waals surface area contributed by atoms with Gasteiger partial charge in [0.05, 0.1) is 18.8 Å². The van der Waals surface area contributed by atoms with Gasteiger partial charge in [-0.15, -0.1) is 0 Å². The summed E-state index contributed by atoms with van der Waals surface area (Å²) in [7, 11) is 4.15. The SMILES string of the molecule is CN(C)CCOC1CCN(CC2CNNC2c2cccc(F)c2)CC1. The second-order valence-electron chi connectivity index (χ2n) is 7.49. The summed E-state index contributed by atoms with van der Waals surface area (Å²) in [6.45, 7) is 5.91. The van der Waals surface area contributed by atoms with E-state index in [1.807, 2.05) is 6.07 Å². The van der Waals surface area contributed by atoms with Crippen molar-refractivity contribution in [1.29, 1.82) is 0 Å². The minimum Gasteiger partial charge on any atom is -0.377 e. The van der Waals surface area contributed by atoms with Crippen LogP contribution in [0.2, 0.25) is 0 Å². The quantitative estimate of drug-likeness (QED) is 0.782. The van der Waals surface area contributed by atoms with Crippen LogP contribution in [0.25, 0.3) is 0 Å². The van der Waals surface area contributed by atoms with Gasteiger partial charge < -0.3 is 14.5 Å². The van der Waals surface area contributed by atoms with Gasteiger partial charge in [0.25, 0.3) is 0 Å². The summed E-state index contributed by atoms with van der Waals surface area (Å²) in [6.07, 6.45) is 2.60. The van der Waals surface area contributed by atoms with Crippen LogP contribution in [0.3, 0.4) is 0 Å². The number of hydrazine groups is 1. The molecule has 0 amide bonds. The third kappa shape index (κ3) is 5.46. The largest absolute Gasteiger partial charge is 0.377 e. The predicted molar refractivity (Wildman–Crippen MR) is 97.7 cm³/mol. The molecule has 2 fully saturated rings. The van der Waals surface area contributed by atoms with Crippen LogP contribution in [0.15, 0.2) is 24.3 Å². The van der Waals surface area contributed by atoms with Crippen LogP contribution in [0, 0.1) is 11.7 Å². The summed E-state index contributed by atoms with van der Waals surface area (Å²) in [5.41, 5.74) is 7.59. The molecule has 1 aromatic rings. The molecular formula is C19H31FN4O. The molecule has 0 spiro atoms. The summed E-state index contributed by atoms with van der Waals surface area (Å²) < 4.78 is 19.5. The Labute approximate surface area is 150 Å². The van der Waals surface area contributed by atoms with Gasteiger partial charge in [-0.1, -0.05) is 12.1 Å². The number of likely N-dealkylation sites (tertiary alicyclic amines) is 1. The van der Waals surface area contributed by atoms with Gasteiger partial charge in [0.2, 0.25) is 0 Å². The molecule has 2 aliphatic heterocycles. The lowest BCUT2D eigenvalue weighted by Crippen LogP contribution is -2.41. The minimum absolute atomic E-state index is 0.166. The van der Waals surface area contributed by atoms with Crippen LogP contribution in [0.1, 0.15) is 24.4 Å². The molecule has 5 nitrogen and oxygen atoms in total. The molecule has 1 aromatic carbocycles. The molecule has 2 unspecified atom stereocenters. The summed E-state index contributed by atoms with van der Waals surface area (Å²) in [5.74, 6) is 0.286. The van der Waals surface area contributed by atoms with E-state index in [1.54, 1.807) is 12.1 Å². The van der Waals surface area contributed by atoms with Crippen LogP contribution in [-0.4, -0.2) is 69.3 Å². The molecule has 3 rings (SSSR count). The van der Waals surface area contributed by atoms with Gasteiger partial charge >= 0.3 is 0 Å². The van der Waals surface area contributed by atoms with Crippen molar-refractivity contribution in [2.75, 3.05) is 53.4 Å². The fourth-order valence-corrected chi connectivity index (χ4v) is 3.75. The Kier molecular flexibility index (Phi) is 6.78. The molecule has 0 aromatic heterocycles. The van der Waals surface area contributed by atoms with Gasteiger partial charge in [0, 0.05) is 38.6 Å². The number of likely N-dealkylation sites (N-methyl/N-ethyl adjacent to an activating group) is 1. The molecule has 2 saturated heterocycles. The van der Waals surface area contributed by atoms with E-state index in [2.05, 4.69) is 34.7 Å². The van der Waals surface area contributed by atoms with Crippen molar-refractivity contribution in [2.45, 2.75) is 25.0 Å². The number of hydrogen-bond acceptors (Lipinski definition) is 5. The zero-order valence-corrected chi connectivity index (χ0v) is 15.4. The molecule has 2 N–H and O–H groups in total. The Bertz CT molecular complexity index is 534. The van der Waals surface area contributed by atoms with E-state index < -0.39 is 0 Å². The predicted octanol–water partition coefficient (Wildman–Crippen LogP) is 1.63. The molecule has 140 valence electrons.